The van der Waals surface area contributed by atoms with Gasteiger partial charge in [-0.2, -0.15) is 0 Å². The second kappa shape index (κ2) is 14.5. The molecule has 2 aromatic rings. The second-order valence-corrected chi connectivity index (χ2v) is 9.48. The maximum absolute atomic E-state index is 11.6. The molecule has 206 valence electrons. The van der Waals surface area contributed by atoms with Crippen LogP contribution in [0.1, 0.15) is 27.6 Å². The standard InChI is InChI=1S/C26H36N6O6/c1-20-4-2-5-21(27-20)16-29-8-12-31(18-24(33)34)14-10-30(11-15-32(13-9-29)19-25(35)36)17-22-6-3-7-23(28-22)26(37)38/h2-7H,8-19H2,1H3,(H,33,34)(H,35,36)(H,37,38). The largest absolute Gasteiger partial charge is 0.480 e. The molecule has 1 aliphatic rings. The van der Waals surface area contributed by atoms with Gasteiger partial charge in [0.1, 0.15) is 5.69 Å². The molecule has 1 saturated heterocycles. The fourth-order valence-electron chi connectivity index (χ4n) is 4.43. The molecular weight excluding hydrogens is 492 g/mol. The molecule has 3 heterocycles. The predicted molar refractivity (Wildman–Crippen MR) is 139 cm³/mol. The molecule has 0 bridgehead atoms. The Balaban J connectivity index is 1.77. The Labute approximate surface area is 222 Å². The Bertz CT molecular complexity index is 1070. The molecule has 1 aliphatic heterocycles. The van der Waals surface area contributed by atoms with E-state index in [-0.39, 0.29) is 18.8 Å². The number of carboxylic acid groups (broad SMARTS) is 3. The van der Waals surface area contributed by atoms with Crippen LogP contribution in [-0.2, 0) is 22.7 Å². The van der Waals surface area contributed by atoms with E-state index in [1.165, 1.54) is 6.07 Å². The zero-order chi connectivity index (χ0) is 27.5. The van der Waals surface area contributed by atoms with Gasteiger partial charge in [-0.15, -0.1) is 0 Å². The Morgan fingerprint density at radius 1 is 0.658 bits per heavy atom. The van der Waals surface area contributed by atoms with Gasteiger partial charge in [-0.05, 0) is 31.2 Å². The van der Waals surface area contributed by atoms with Crippen LogP contribution in [0.2, 0.25) is 0 Å². The fraction of sp³-hybridized carbons (Fsp3) is 0.500. The Kier molecular flexibility index (Phi) is 11.1. The van der Waals surface area contributed by atoms with Crippen LogP contribution in [0.15, 0.2) is 36.4 Å². The average molecular weight is 529 g/mol. The lowest BCUT2D eigenvalue weighted by atomic mass is 10.2. The van der Waals surface area contributed by atoms with Crippen molar-refractivity contribution in [3.8, 4) is 0 Å². The van der Waals surface area contributed by atoms with Crippen LogP contribution in [0.3, 0.4) is 0 Å². The number of nitrogens with zero attached hydrogens (tertiary/aromatic N) is 6. The summed E-state index contributed by atoms with van der Waals surface area (Å²) >= 11 is 0. The third kappa shape index (κ3) is 10.1. The molecule has 2 aromatic heterocycles. The van der Waals surface area contributed by atoms with Gasteiger partial charge >= 0.3 is 17.9 Å². The molecule has 38 heavy (non-hydrogen) atoms. The summed E-state index contributed by atoms with van der Waals surface area (Å²) in [5.74, 6) is -2.91. The number of hydrogen-bond donors (Lipinski definition) is 3. The zero-order valence-corrected chi connectivity index (χ0v) is 21.7. The van der Waals surface area contributed by atoms with E-state index in [1.807, 2.05) is 34.9 Å². The number of aromatic carboxylic acids is 1. The van der Waals surface area contributed by atoms with Crippen molar-refractivity contribution in [1.82, 2.24) is 29.6 Å². The molecule has 0 amide bonds. The van der Waals surface area contributed by atoms with Crippen LogP contribution in [0.25, 0.3) is 0 Å². The number of carbonyl (C=O) groups is 3. The summed E-state index contributed by atoms with van der Waals surface area (Å²) < 4.78 is 0. The van der Waals surface area contributed by atoms with E-state index in [1.54, 1.807) is 12.1 Å². The smallest absolute Gasteiger partial charge is 0.354 e. The number of hydrogen-bond acceptors (Lipinski definition) is 9. The van der Waals surface area contributed by atoms with Gasteiger partial charge in [-0.25, -0.2) is 9.78 Å². The maximum Gasteiger partial charge on any atom is 0.354 e. The number of rotatable bonds is 9. The van der Waals surface area contributed by atoms with E-state index in [0.717, 1.165) is 11.4 Å². The third-order valence-corrected chi connectivity index (χ3v) is 6.39. The number of aromatic nitrogens is 2. The molecule has 0 radical (unpaired) electrons. The molecule has 0 spiro atoms. The third-order valence-electron chi connectivity index (χ3n) is 6.39. The minimum Gasteiger partial charge on any atom is -0.480 e. The van der Waals surface area contributed by atoms with Gasteiger partial charge in [-0.3, -0.25) is 34.2 Å². The summed E-state index contributed by atoms with van der Waals surface area (Å²) in [5, 5.41) is 28.2. The topological polar surface area (TPSA) is 151 Å². The molecule has 0 unspecified atom stereocenters. The summed E-state index contributed by atoms with van der Waals surface area (Å²) in [6.45, 7) is 6.97. The van der Waals surface area contributed by atoms with Crippen molar-refractivity contribution in [1.29, 1.82) is 0 Å². The molecule has 12 heteroatoms. The number of carboxylic acids is 3. The molecule has 0 saturated carbocycles. The summed E-state index contributed by atoms with van der Waals surface area (Å²) in [7, 11) is 0. The van der Waals surface area contributed by atoms with E-state index < -0.39 is 17.9 Å². The SMILES string of the molecule is Cc1cccc(CN2CCN(CC(=O)O)CCN(Cc3cccc(C(=O)O)n3)CCN(CC(=O)O)CC2)n1. The molecule has 0 aromatic carbocycles. The van der Waals surface area contributed by atoms with E-state index in [9.17, 15) is 29.7 Å². The van der Waals surface area contributed by atoms with Gasteiger partial charge in [0.15, 0.2) is 0 Å². The van der Waals surface area contributed by atoms with Gasteiger partial charge < -0.3 is 15.3 Å². The van der Waals surface area contributed by atoms with Crippen molar-refractivity contribution in [2.75, 3.05) is 65.4 Å². The fourth-order valence-corrected chi connectivity index (χ4v) is 4.43. The van der Waals surface area contributed by atoms with Gasteiger partial charge in [0.2, 0.25) is 0 Å². The quantitative estimate of drug-likeness (QED) is 0.417. The number of aryl methyl sites for hydroxylation is 1. The highest BCUT2D eigenvalue weighted by molar-refractivity contribution is 5.85. The normalized spacial score (nSPS) is 17.4. The predicted octanol–water partition coefficient (Wildman–Crippen LogP) is 0.574. The first-order chi connectivity index (χ1) is 18.2. The van der Waals surface area contributed by atoms with Crippen LogP contribution in [0, 0.1) is 6.92 Å². The molecule has 3 rings (SSSR count). The molecule has 3 N–H and O–H groups in total. The van der Waals surface area contributed by atoms with Crippen LogP contribution >= 0.6 is 0 Å². The van der Waals surface area contributed by atoms with Gasteiger partial charge in [0.05, 0.1) is 24.5 Å². The van der Waals surface area contributed by atoms with Gasteiger partial charge in [0, 0.05) is 71.1 Å². The molecule has 12 nitrogen and oxygen atoms in total. The van der Waals surface area contributed by atoms with Crippen LogP contribution in [0.5, 0.6) is 0 Å². The van der Waals surface area contributed by atoms with Crippen molar-refractivity contribution in [3.63, 3.8) is 0 Å². The second-order valence-electron chi connectivity index (χ2n) is 9.48. The van der Waals surface area contributed by atoms with Crippen molar-refractivity contribution >= 4 is 17.9 Å². The number of aliphatic carboxylic acids is 2. The lowest BCUT2D eigenvalue weighted by molar-refractivity contribution is -0.139. The lowest BCUT2D eigenvalue weighted by Crippen LogP contribution is -2.47. The Hall–Kier alpha value is -3.45. The highest BCUT2D eigenvalue weighted by Crippen LogP contribution is 2.09. The number of pyridine rings is 2. The Morgan fingerprint density at radius 2 is 1.08 bits per heavy atom. The first-order valence-corrected chi connectivity index (χ1v) is 12.6. The van der Waals surface area contributed by atoms with Crippen molar-refractivity contribution < 1.29 is 29.7 Å². The minimum atomic E-state index is -1.11. The summed E-state index contributed by atoms with van der Waals surface area (Å²) in [4.78, 5) is 51.3. The van der Waals surface area contributed by atoms with E-state index in [0.29, 0.717) is 71.1 Å². The monoisotopic (exact) mass is 528 g/mol. The molecule has 0 aliphatic carbocycles. The van der Waals surface area contributed by atoms with Crippen LogP contribution in [-0.4, -0.2) is 128 Å². The first kappa shape index (κ1) is 29.1. The van der Waals surface area contributed by atoms with E-state index in [4.69, 9.17) is 0 Å². The summed E-state index contributed by atoms with van der Waals surface area (Å²) in [5.41, 5.74) is 2.37. The molecule has 0 atom stereocenters. The van der Waals surface area contributed by atoms with Gasteiger partial charge in [0.25, 0.3) is 0 Å². The Morgan fingerprint density at radius 3 is 1.50 bits per heavy atom. The zero-order valence-electron chi connectivity index (χ0n) is 21.7. The summed E-state index contributed by atoms with van der Waals surface area (Å²) in [6.07, 6.45) is 0. The van der Waals surface area contributed by atoms with Gasteiger partial charge in [-0.1, -0.05) is 12.1 Å². The van der Waals surface area contributed by atoms with Crippen LogP contribution < -0.4 is 0 Å². The van der Waals surface area contributed by atoms with E-state index >= 15 is 0 Å². The lowest BCUT2D eigenvalue weighted by Gasteiger charge is -2.33. The highest BCUT2D eigenvalue weighted by Gasteiger charge is 2.20. The van der Waals surface area contributed by atoms with Crippen LogP contribution in [0.4, 0.5) is 0 Å². The summed E-state index contributed by atoms with van der Waals surface area (Å²) in [6, 6.07) is 10.7. The van der Waals surface area contributed by atoms with Crippen molar-refractivity contribution in [2.24, 2.45) is 0 Å². The highest BCUT2D eigenvalue weighted by atomic mass is 16.4. The van der Waals surface area contributed by atoms with Crippen molar-refractivity contribution in [2.45, 2.75) is 20.0 Å². The minimum absolute atomic E-state index is 0.0416. The average Bonchev–Trinajstić information content (AvgIpc) is 2.85. The molecular formula is C26H36N6O6. The van der Waals surface area contributed by atoms with Crippen molar-refractivity contribution in [3.05, 3.63) is 59.2 Å². The maximum atomic E-state index is 11.6. The van der Waals surface area contributed by atoms with E-state index in [2.05, 4.69) is 19.8 Å². The first-order valence-electron chi connectivity index (χ1n) is 12.6. The molecule has 1 fully saturated rings.